The Labute approximate surface area is 124 Å². The van der Waals surface area contributed by atoms with Crippen molar-refractivity contribution in [3.8, 4) is 5.75 Å². The van der Waals surface area contributed by atoms with E-state index < -0.39 is 0 Å². The van der Waals surface area contributed by atoms with E-state index in [1.165, 1.54) is 4.90 Å². The first-order valence-electron chi connectivity index (χ1n) is 7.18. The van der Waals surface area contributed by atoms with Gasteiger partial charge in [-0.3, -0.25) is 4.79 Å². The number of hydrogen-bond acceptors (Lipinski definition) is 3. The van der Waals surface area contributed by atoms with Crippen molar-refractivity contribution in [1.29, 1.82) is 0 Å². The second-order valence-electron chi connectivity index (χ2n) is 4.97. The van der Waals surface area contributed by atoms with Gasteiger partial charge in [0.1, 0.15) is 5.75 Å². The number of benzene rings is 2. The molecular formula is C17H21NO3. The lowest BCUT2D eigenvalue weighted by Gasteiger charge is -2.15. The summed E-state index contributed by atoms with van der Waals surface area (Å²) in [6.45, 7) is 0.879. The number of aliphatic hydroxyl groups excluding tert-OH is 1. The summed E-state index contributed by atoms with van der Waals surface area (Å²) in [4.78, 5) is 13.3. The molecule has 0 radical (unpaired) electrons. The Morgan fingerprint density at radius 1 is 1.19 bits per heavy atom. The van der Waals surface area contributed by atoms with Crippen molar-refractivity contribution in [3.05, 3.63) is 42.5 Å². The molecule has 0 aliphatic heterocycles. The van der Waals surface area contributed by atoms with Crippen molar-refractivity contribution in [1.82, 2.24) is 4.90 Å². The molecule has 0 saturated heterocycles. The SMILES string of the molecule is CN(CCO)C(=O)CCCOc1cccc2ccccc12. The minimum Gasteiger partial charge on any atom is -0.493 e. The van der Waals surface area contributed by atoms with E-state index in [2.05, 4.69) is 12.1 Å². The van der Waals surface area contributed by atoms with Crippen LogP contribution in [-0.2, 0) is 4.79 Å². The molecule has 1 amide bonds. The third kappa shape index (κ3) is 4.20. The van der Waals surface area contributed by atoms with E-state index in [9.17, 15) is 4.79 Å². The van der Waals surface area contributed by atoms with Gasteiger partial charge >= 0.3 is 0 Å². The summed E-state index contributed by atoms with van der Waals surface area (Å²) >= 11 is 0. The van der Waals surface area contributed by atoms with E-state index in [0.717, 1.165) is 16.5 Å². The molecule has 0 unspecified atom stereocenters. The predicted molar refractivity (Wildman–Crippen MR) is 83.4 cm³/mol. The van der Waals surface area contributed by atoms with Crippen molar-refractivity contribution < 1.29 is 14.6 Å². The molecule has 2 aromatic carbocycles. The fourth-order valence-electron chi connectivity index (χ4n) is 2.19. The van der Waals surface area contributed by atoms with Crippen LogP contribution < -0.4 is 4.74 Å². The highest BCUT2D eigenvalue weighted by Gasteiger charge is 2.07. The molecule has 0 fully saturated rings. The smallest absolute Gasteiger partial charge is 0.222 e. The van der Waals surface area contributed by atoms with E-state index >= 15 is 0 Å². The van der Waals surface area contributed by atoms with E-state index in [4.69, 9.17) is 9.84 Å². The zero-order valence-corrected chi connectivity index (χ0v) is 12.3. The number of nitrogens with zero attached hydrogens (tertiary/aromatic N) is 1. The van der Waals surface area contributed by atoms with Crippen molar-refractivity contribution in [2.45, 2.75) is 12.8 Å². The van der Waals surface area contributed by atoms with Gasteiger partial charge in [-0.1, -0.05) is 36.4 Å². The highest BCUT2D eigenvalue weighted by molar-refractivity contribution is 5.88. The molecule has 1 N–H and O–H groups in total. The van der Waals surface area contributed by atoms with Gasteiger partial charge in [0, 0.05) is 25.4 Å². The molecule has 0 aromatic heterocycles. The van der Waals surface area contributed by atoms with Crippen molar-refractivity contribution >= 4 is 16.7 Å². The van der Waals surface area contributed by atoms with Gasteiger partial charge < -0.3 is 14.7 Å². The fraction of sp³-hybridized carbons (Fsp3) is 0.353. The summed E-state index contributed by atoms with van der Waals surface area (Å²) in [5, 5.41) is 11.0. The van der Waals surface area contributed by atoms with E-state index in [1.807, 2.05) is 30.3 Å². The Morgan fingerprint density at radius 3 is 2.76 bits per heavy atom. The van der Waals surface area contributed by atoms with Gasteiger partial charge in [0.2, 0.25) is 5.91 Å². The molecule has 4 heteroatoms. The molecule has 0 saturated carbocycles. The van der Waals surface area contributed by atoms with Gasteiger partial charge in [0.15, 0.2) is 0 Å². The number of likely N-dealkylation sites (N-methyl/N-ethyl adjacent to an activating group) is 1. The standard InChI is InChI=1S/C17H21NO3/c1-18(11-12-19)17(20)10-5-13-21-16-9-4-7-14-6-2-3-8-15(14)16/h2-4,6-9,19H,5,10-13H2,1H3. The normalized spacial score (nSPS) is 10.6. The summed E-state index contributed by atoms with van der Waals surface area (Å²) in [5.41, 5.74) is 0. The van der Waals surface area contributed by atoms with Crippen LogP contribution in [0.15, 0.2) is 42.5 Å². The molecular weight excluding hydrogens is 266 g/mol. The van der Waals surface area contributed by atoms with Crippen LogP contribution in [0.1, 0.15) is 12.8 Å². The molecule has 0 bridgehead atoms. The first-order chi connectivity index (χ1) is 10.2. The van der Waals surface area contributed by atoms with Gasteiger partial charge in [-0.15, -0.1) is 0 Å². The Bertz CT molecular complexity index is 592. The Kier molecular flexibility index (Phi) is 5.58. The fourth-order valence-corrected chi connectivity index (χ4v) is 2.19. The monoisotopic (exact) mass is 287 g/mol. The number of aliphatic hydroxyl groups is 1. The minimum absolute atomic E-state index is 0.00521. The molecule has 4 nitrogen and oxygen atoms in total. The van der Waals surface area contributed by atoms with Crippen LogP contribution in [0.2, 0.25) is 0 Å². The van der Waals surface area contributed by atoms with Crippen LogP contribution >= 0.6 is 0 Å². The van der Waals surface area contributed by atoms with Crippen molar-refractivity contribution in [3.63, 3.8) is 0 Å². The second kappa shape index (κ2) is 7.64. The third-order valence-electron chi connectivity index (χ3n) is 3.40. The summed E-state index contributed by atoms with van der Waals surface area (Å²) in [7, 11) is 1.70. The number of ether oxygens (including phenoxy) is 1. The zero-order chi connectivity index (χ0) is 15.1. The Morgan fingerprint density at radius 2 is 1.95 bits per heavy atom. The van der Waals surface area contributed by atoms with Crippen LogP contribution in [0.4, 0.5) is 0 Å². The first-order valence-corrected chi connectivity index (χ1v) is 7.18. The molecule has 2 aromatic rings. The van der Waals surface area contributed by atoms with E-state index in [1.54, 1.807) is 7.05 Å². The highest BCUT2D eigenvalue weighted by Crippen LogP contribution is 2.25. The van der Waals surface area contributed by atoms with Gasteiger partial charge in [-0.2, -0.15) is 0 Å². The maximum absolute atomic E-state index is 11.7. The van der Waals surface area contributed by atoms with Crippen LogP contribution in [0.25, 0.3) is 10.8 Å². The molecule has 0 aliphatic carbocycles. The number of fused-ring (bicyclic) bond motifs is 1. The van der Waals surface area contributed by atoms with Gasteiger partial charge in [-0.05, 0) is 17.9 Å². The van der Waals surface area contributed by atoms with Gasteiger partial charge in [-0.25, -0.2) is 0 Å². The first kappa shape index (κ1) is 15.3. The zero-order valence-electron chi connectivity index (χ0n) is 12.3. The quantitative estimate of drug-likeness (QED) is 0.796. The molecule has 0 spiro atoms. The van der Waals surface area contributed by atoms with Gasteiger partial charge in [0.05, 0.1) is 13.2 Å². The maximum atomic E-state index is 11.7. The van der Waals surface area contributed by atoms with E-state index in [0.29, 0.717) is 26.0 Å². The lowest BCUT2D eigenvalue weighted by atomic mass is 10.1. The van der Waals surface area contributed by atoms with Crippen LogP contribution in [0, 0.1) is 0 Å². The van der Waals surface area contributed by atoms with Crippen LogP contribution in [-0.4, -0.2) is 42.7 Å². The van der Waals surface area contributed by atoms with Crippen molar-refractivity contribution in [2.24, 2.45) is 0 Å². The molecule has 2 rings (SSSR count). The molecule has 0 atom stereocenters. The minimum atomic E-state index is -0.00521. The van der Waals surface area contributed by atoms with Crippen LogP contribution in [0.5, 0.6) is 5.75 Å². The topological polar surface area (TPSA) is 49.8 Å². The Hall–Kier alpha value is -2.07. The predicted octanol–water partition coefficient (Wildman–Crippen LogP) is 2.45. The number of carbonyl (C=O) groups excluding carboxylic acids is 1. The second-order valence-corrected chi connectivity index (χ2v) is 4.97. The molecule has 0 aliphatic rings. The summed E-state index contributed by atoms with van der Waals surface area (Å²) in [6.07, 6.45) is 1.10. The lowest BCUT2D eigenvalue weighted by molar-refractivity contribution is -0.130. The lowest BCUT2D eigenvalue weighted by Crippen LogP contribution is -2.29. The number of hydrogen-bond donors (Lipinski definition) is 1. The largest absolute Gasteiger partial charge is 0.493 e. The summed E-state index contributed by atoms with van der Waals surface area (Å²) in [5.74, 6) is 0.884. The molecule has 112 valence electrons. The van der Waals surface area contributed by atoms with E-state index in [-0.39, 0.29) is 12.5 Å². The van der Waals surface area contributed by atoms with Gasteiger partial charge in [0.25, 0.3) is 0 Å². The average Bonchev–Trinajstić information content (AvgIpc) is 2.51. The summed E-state index contributed by atoms with van der Waals surface area (Å²) in [6, 6.07) is 14.0. The van der Waals surface area contributed by atoms with Crippen LogP contribution in [0.3, 0.4) is 0 Å². The Balaban J connectivity index is 1.84. The number of rotatable bonds is 7. The van der Waals surface area contributed by atoms with Crippen molar-refractivity contribution in [2.75, 3.05) is 26.8 Å². The maximum Gasteiger partial charge on any atom is 0.222 e. The number of carbonyl (C=O) groups is 1. The molecule has 21 heavy (non-hydrogen) atoms. The summed E-state index contributed by atoms with van der Waals surface area (Å²) < 4.78 is 5.79. The third-order valence-corrected chi connectivity index (χ3v) is 3.40. The number of amides is 1. The average molecular weight is 287 g/mol. The highest BCUT2D eigenvalue weighted by atomic mass is 16.5. The molecule has 0 heterocycles.